The van der Waals surface area contributed by atoms with E-state index < -0.39 is 17.0 Å². The Kier molecular flexibility index (Phi) is 5.84. The number of esters is 1. The summed E-state index contributed by atoms with van der Waals surface area (Å²) in [6, 6.07) is 11.6. The van der Waals surface area contributed by atoms with Gasteiger partial charge in [-0.15, -0.1) is 0 Å². The fourth-order valence-corrected chi connectivity index (χ4v) is 2.15. The van der Waals surface area contributed by atoms with Crippen LogP contribution in [0.25, 0.3) is 0 Å². The number of hydrogen-bond acceptors (Lipinski definition) is 6. The highest BCUT2D eigenvalue weighted by Gasteiger charge is 2.21. The topological polar surface area (TPSA) is 95.7 Å². The lowest BCUT2D eigenvalue weighted by Gasteiger charge is -2.12. The number of ketones is 1. The Morgan fingerprint density at radius 3 is 2.40 bits per heavy atom. The summed E-state index contributed by atoms with van der Waals surface area (Å²) in [6.07, 6.45) is -1.02. The molecule has 0 aliphatic rings. The van der Waals surface area contributed by atoms with E-state index in [2.05, 4.69) is 0 Å². The Bertz CT molecular complexity index is 784. The zero-order valence-corrected chi connectivity index (χ0v) is 13.8. The number of nitro groups is 1. The van der Waals surface area contributed by atoms with Gasteiger partial charge in [0.2, 0.25) is 5.78 Å². The third-order valence-electron chi connectivity index (χ3n) is 3.40. The van der Waals surface area contributed by atoms with Crippen LogP contribution in [0.4, 0.5) is 5.69 Å². The van der Waals surface area contributed by atoms with Gasteiger partial charge in [0.1, 0.15) is 5.75 Å². The van der Waals surface area contributed by atoms with Crippen molar-refractivity contribution in [3.63, 3.8) is 0 Å². The number of nitrogens with zero attached hydrogens (tertiary/aromatic N) is 1. The van der Waals surface area contributed by atoms with Crippen molar-refractivity contribution in [2.24, 2.45) is 0 Å². The third kappa shape index (κ3) is 4.63. The van der Waals surface area contributed by atoms with Crippen LogP contribution in [0.5, 0.6) is 5.75 Å². The van der Waals surface area contributed by atoms with E-state index in [1.165, 1.54) is 25.1 Å². The molecule has 0 aromatic heterocycles. The van der Waals surface area contributed by atoms with Crippen LogP contribution >= 0.6 is 0 Å². The number of ether oxygens (including phenoxy) is 2. The Labute approximate surface area is 144 Å². The number of Topliss-reactive ketones (excluding diaryl/α,β-unsaturated/α-hetero) is 1. The molecule has 0 amide bonds. The molecule has 0 unspecified atom stereocenters. The molecule has 25 heavy (non-hydrogen) atoms. The molecule has 2 aromatic carbocycles. The van der Waals surface area contributed by atoms with Gasteiger partial charge in [0, 0.05) is 17.7 Å². The lowest BCUT2D eigenvalue weighted by atomic mass is 10.1. The van der Waals surface area contributed by atoms with E-state index in [0.29, 0.717) is 17.9 Å². The summed E-state index contributed by atoms with van der Waals surface area (Å²) in [7, 11) is 0. The first-order valence-electron chi connectivity index (χ1n) is 7.65. The van der Waals surface area contributed by atoms with Crippen molar-refractivity contribution in [3.8, 4) is 5.75 Å². The summed E-state index contributed by atoms with van der Waals surface area (Å²) in [5.74, 6) is -0.530. The van der Waals surface area contributed by atoms with Crippen molar-refractivity contribution < 1.29 is 24.0 Å². The van der Waals surface area contributed by atoms with Crippen LogP contribution in [-0.4, -0.2) is 29.4 Å². The number of non-ortho nitro benzene ring substituents is 1. The number of hydrogen-bond donors (Lipinski definition) is 0. The first-order valence-corrected chi connectivity index (χ1v) is 7.65. The van der Waals surface area contributed by atoms with E-state index in [-0.39, 0.29) is 17.0 Å². The van der Waals surface area contributed by atoms with Gasteiger partial charge in [0.15, 0.2) is 6.10 Å². The van der Waals surface area contributed by atoms with Gasteiger partial charge in [-0.2, -0.15) is 0 Å². The fourth-order valence-electron chi connectivity index (χ4n) is 2.15. The zero-order valence-electron chi connectivity index (χ0n) is 13.8. The molecule has 0 N–H and O–H groups in total. The summed E-state index contributed by atoms with van der Waals surface area (Å²) in [5, 5.41) is 10.8. The Morgan fingerprint density at radius 2 is 1.80 bits per heavy atom. The van der Waals surface area contributed by atoms with Gasteiger partial charge < -0.3 is 9.47 Å². The van der Waals surface area contributed by atoms with E-state index in [1.807, 2.05) is 6.92 Å². The highest BCUT2D eigenvalue weighted by Crippen LogP contribution is 2.17. The lowest BCUT2D eigenvalue weighted by molar-refractivity contribution is -0.384. The van der Waals surface area contributed by atoms with Crippen LogP contribution in [-0.2, 0) is 4.74 Å². The monoisotopic (exact) mass is 343 g/mol. The number of carbonyl (C=O) groups excluding carboxylic acids is 2. The normalized spacial score (nSPS) is 11.4. The maximum absolute atomic E-state index is 12.3. The highest BCUT2D eigenvalue weighted by molar-refractivity contribution is 6.01. The molecule has 0 aliphatic carbocycles. The molecule has 1 atom stereocenters. The van der Waals surface area contributed by atoms with Gasteiger partial charge in [-0.25, -0.2) is 4.79 Å². The lowest BCUT2D eigenvalue weighted by Crippen LogP contribution is -2.24. The van der Waals surface area contributed by atoms with E-state index in [9.17, 15) is 19.7 Å². The second-order valence-corrected chi connectivity index (χ2v) is 5.18. The van der Waals surface area contributed by atoms with Crippen molar-refractivity contribution in [1.29, 1.82) is 0 Å². The summed E-state index contributed by atoms with van der Waals surface area (Å²) in [4.78, 5) is 34.6. The van der Waals surface area contributed by atoms with Crippen LogP contribution in [0.15, 0.2) is 48.5 Å². The van der Waals surface area contributed by atoms with Gasteiger partial charge in [-0.3, -0.25) is 14.9 Å². The second kappa shape index (κ2) is 8.05. The number of carbonyl (C=O) groups is 2. The minimum absolute atomic E-state index is 0.0144. The largest absolute Gasteiger partial charge is 0.494 e. The molecule has 0 saturated carbocycles. The highest BCUT2D eigenvalue weighted by atomic mass is 16.6. The standard InChI is InChI=1S/C18H17NO6/c1-3-24-16-9-7-13(8-10-16)17(20)12(2)25-18(21)14-5-4-6-15(11-14)19(22)23/h4-12H,3H2,1-2H3/t12-/m1/s1. The first-order chi connectivity index (χ1) is 11.9. The van der Waals surface area contributed by atoms with Gasteiger partial charge in [-0.1, -0.05) is 6.07 Å². The minimum atomic E-state index is -1.02. The second-order valence-electron chi connectivity index (χ2n) is 5.18. The van der Waals surface area contributed by atoms with Crippen LogP contribution in [0.2, 0.25) is 0 Å². The van der Waals surface area contributed by atoms with Gasteiger partial charge in [0.25, 0.3) is 5.69 Å². The molecule has 0 radical (unpaired) electrons. The van der Waals surface area contributed by atoms with E-state index in [4.69, 9.17) is 9.47 Å². The zero-order chi connectivity index (χ0) is 18.4. The van der Waals surface area contributed by atoms with E-state index in [0.717, 1.165) is 6.07 Å². The predicted octanol–water partition coefficient (Wildman–Crippen LogP) is 3.42. The molecule has 7 nitrogen and oxygen atoms in total. The number of nitro benzene ring substituents is 1. The molecular weight excluding hydrogens is 326 g/mol. The van der Waals surface area contributed by atoms with Crippen LogP contribution < -0.4 is 4.74 Å². The van der Waals surface area contributed by atoms with Crippen molar-refractivity contribution in [2.45, 2.75) is 20.0 Å². The van der Waals surface area contributed by atoms with Crippen LogP contribution in [0.3, 0.4) is 0 Å². The maximum atomic E-state index is 12.3. The van der Waals surface area contributed by atoms with Gasteiger partial charge in [0.05, 0.1) is 17.1 Å². The maximum Gasteiger partial charge on any atom is 0.339 e. The molecule has 0 heterocycles. The quantitative estimate of drug-likeness (QED) is 0.331. The van der Waals surface area contributed by atoms with Crippen molar-refractivity contribution in [3.05, 3.63) is 69.8 Å². The van der Waals surface area contributed by atoms with Crippen molar-refractivity contribution in [1.82, 2.24) is 0 Å². The molecular formula is C18H17NO6. The SMILES string of the molecule is CCOc1ccc(C(=O)[C@@H](C)OC(=O)c2cccc([N+](=O)[O-])c2)cc1. The molecule has 2 rings (SSSR count). The number of benzene rings is 2. The minimum Gasteiger partial charge on any atom is -0.494 e. The first kappa shape index (κ1) is 18.1. The summed E-state index contributed by atoms with van der Waals surface area (Å²) in [5.41, 5.74) is 0.170. The van der Waals surface area contributed by atoms with Crippen molar-refractivity contribution >= 4 is 17.4 Å². The Morgan fingerprint density at radius 1 is 1.12 bits per heavy atom. The van der Waals surface area contributed by atoms with E-state index >= 15 is 0 Å². The summed E-state index contributed by atoms with van der Waals surface area (Å²) in [6.45, 7) is 3.83. The third-order valence-corrected chi connectivity index (χ3v) is 3.40. The average Bonchev–Trinajstić information content (AvgIpc) is 2.62. The van der Waals surface area contributed by atoms with Crippen molar-refractivity contribution in [2.75, 3.05) is 6.61 Å². The average molecular weight is 343 g/mol. The van der Waals surface area contributed by atoms with Crippen LogP contribution in [0, 0.1) is 10.1 Å². The van der Waals surface area contributed by atoms with Gasteiger partial charge >= 0.3 is 5.97 Å². The molecule has 0 fully saturated rings. The van der Waals surface area contributed by atoms with E-state index in [1.54, 1.807) is 24.3 Å². The molecule has 0 spiro atoms. The summed E-state index contributed by atoms with van der Waals surface area (Å²) < 4.78 is 10.4. The molecule has 7 heteroatoms. The predicted molar refractivity (Wildman–Crippen MR) is 89.9 cm³/mol. The molecule has 0 saturated heterocycles. The summed E-state index contributed by atoms with van der Waals surface area (Å²) >= 11 is 0. The fraction of sp³-hybridized carbons (Fsp3) is 0.222. The molecule has 0 bridgehead atoms. The smallest absolute Gasteiger partial charge is 0.339 e. The van der Waals surface area contributed by atoms with Crippen LogP contribution in [0.1, 0.15) is 34.6 Å². The molecule has 2 aromatic rings. The Balaban J connectivity index is 2.06. The number of rotatable bonds is 7. The molecule has 0 aliphatic heterocycles. The Hall–Kier alpha value is -3.22. The molecule has 130 valence electrons. The van der Waals surface area contributed by atoms with Gasteiger partial charge in [-0.05, 0) is 44.2 Å².